The van der Waals surface area contributed by atoms with Gasteiger partial charge in [0.25, 0.3) is 5.91 Å². The summed E-state index contributed by atoms with van der Waals surface area (Å²) in [7, 11) is 0. The lowest BCUT2D eigenvalue weighted by Crippen LogP contribution is -2.37. The lowest BCUT2D eigenvalue weighted by molar-refractivity contribution is 0.0107. The maximum atomic E-state index is 12.9. The first-order valence-electron chi connectivity index (χ1n) is 8.52. The first-order chi connectivity index (χ1) is 11.7. The van der Waals surface area contributed by atoms with Crippen LogP contribution in [0.25, 0.3) is 0 Å². The molecule has 2 aliphatic rings. The highest BCUT2D eigenvalue weighted by atomic mass is 32.1. The Labute approximate surface area is 145 Å². The van der Waals surface area contributed by atoms with Crippen molar-refractivity contribution in [1.82, 2.24) is 19.7 Å². The highest BCUT2D eigenvalue weighted by Gasteiger charge is 2.51. The van der Waals surface area contributed by atoms with E-state index in [-0.39, 0.29) is 17.2 Å². The smallest absolute Gasteiger partial charge is 0.263 e. The monoisotopic (exact) mass is 346 g/mol. The van der Waals surface area contributed by atoms with E-state index in [0.29, 0.717) is 0 Å². The second-order valence-corrected chi connectivity index (χ2v) is 7.61. The van der Waals surface area contributed by atoms with E-state index in [0.717, 1.165) is 56.4 Å². The maximum Gasteiger partial charge on any atom is 0.263 e. The van der Waals surface area contributed by atoms with Gasteiger partial charge in [-0.05, 0) is 31.2 Å². The van der Waals surface area contributed by atoms with Gasteiger partial charge in [0, 0.05) is 44.2 Å². The number of carbonyl (C=O) groups excluding carboxylic acids is 1. The summed E-state index contributed by atoms with van der Waals surface area (Å²) in [4.78, 5) is 15.7. The van der Waals surface area contributed by atoms with E-state index in [1.54, 1.807) is 6.33 Å². The number of hydrogen-bond donors (Lipinski definition) is 0. The zero-order chi connectivity index (χ0) is 16.6. The van der Waals surface area contributed by atoms with Gasteiger partial charge in [-0.1, -0.05) is 6.07 Å². The lowest BCUT2D eigenvalue weighted by atomic mass is 9.71. The van der Waals surface area contributed by atoms with Crippen molar-refractivity contribution >= 4 is 17.2 Å². The molecule has 2 aromatic rings. The molecule has 2 aromatic heterocycles. The Morgan fingerprint density at radius 3 is 3.00 bits per heavy atom. The van der Waals surface area contributed by atoms with Crippen LogP contribution in [0.1, 0.15) is 41.2 Å². The van der Waals surface area contributed by atoms with E-state index < -0.39 is 0 Å². The third kappa shape index (κ3) is 2.56. The molecular weight excluding hydrogens is 324 g/mol. The van der Waals surface area contributed by atoms with Gasteiger partial charge in [0.05, 0.1) is 4.88 Å². The topological polar surface area (TPSA) is 60.2 Å². The molecular formula is C17H22N4O2S. The number of aromatic nitrogens is 3. The number of ether oxygens (including phenoxy) is 1. The number of likely N-dealkylation sites (tertiary alicyclic amines) is 1. The molecule has 2 aliphatic heterocycles. The summed E-state index contributed by atoms with van der Waals surface area (Å²) in [5.74, 6) is 1.38. The van der Waals surface area contributed by atoms with Gasteiger partial charge in [-0.25, -0.2) is 0 Å². The number of rotatable bonds is 3. The predicted octanol–water partition coefficient (Wildman–Crippen LogP) is 2.40. The van der Waals surface area contributed by atoms with E-state index in [4.69, 9.17) is 4.74 Å². The third-order valence-corrected chi connectivity index (χ3v) is 6.31. The summed E-state index contributed by atoms with van der Waals surface area (Å²) in [6.07, 6.45) is 3.75. The summed E-state index contributed by atoms with van der Waals surface area (Å²) in [6.45, 7) is 5.98. The van der Waals surface area contributed by atoms with Crippen molar-refractivity contribution < 1.29 is 9.53 Å². The van der Waals surface area contributed by atoms with E-state index in [2.05, 4.69) is 21.7 Å². The fraction of sp³-hybridized carbons (Fsp3) is 0.588. The van der Waals surface area contributed by atoms with Gasteiger partial charge in [-0.15, -0.1) is 21.5 Å². The molecule has 128 valence electrons. The number of nitrogens with zero attached hydrogens (tertiary/aromatic N) is 4. The number of thiophene rings is 1. The molecule has 4 rings (SSSR count). The van der Waals surface area contributed by atoms with Crippen molar-refractivity contribution in [3.8, 4) is 0 Å². The zero-order valence-corrected chi connectivity index (χ0v) is 14.7. The van der Waals surface area contributed by atoms with Gasteiger partial charge < -0.3 is 14.2 Å². The van der Waals surface area contributed by atoms with Crippen molar-refractivity contribution in [3.05, 3.63) is 34.5 Å². The minimum absolute atomic E-state index is 0.0606. The van der Waals surface area contributed by atoms with Crippen molar-refractivity contribution in [2.75, 3.05) is 26.3 Å². The van der Waals surface area contributed by atoms with Crippen LogP contribution in [0.2, 0.25) is 0 Å². The van der Waals surface area contributed by atoms with Crippen LogP contribution in [-0.2, 0) is 11.3 Å². The Balaban J connectivity index is 1.67. The fourth-order valence-electron chi connectivity index (χ4n) is 4.10. The summed E-state index contributed by atoms with van der Waals surface area (Å²) >= 11 is 1.51. The Bertz CT molecular complexity index is 706. The molecule has 24 heavy (non-hydrogen) atoms. The summed E-state index contributed by atoms with van der Waals surface area (Å²) in [5, 5.41) is 10.5. The number of carbonyl (C=O) groups is 1. The highest BCUT2D eigenvalue weighted by Crippen LogP contribution is 2.49. The minimum Gasteiger partial charge on any atom is -0.381 e. The molecule has 1 amide bonds. The summed E-state index contributed by atoms with van der Waals surface area (Å²) < 4.78 is 7.71. The third-order valence-electron chi connectivity index (χ3n) is 5.45. The van der Waals surface area contributed by atoms with Gasteiger partial charge in [-0.2, -0.15) is 0 Å². The summed E-state index contributed by atoms with van der Waals surface area (Å²) in [5.41, 5.74) is 0.0606. The molecule has 2 fully saturated rings. The van der Waals surface area contributed by atoms with Crippen molar-refractivity contribution in [2.24, 2.45) is 5.41 Å². The van der Waals surface area contributed by atoms with Crippen LogP contribution >= 0.6 is 11.3 Å². The molecule has 7 heteroatoms. The van der Waals surface area contributed by atoms with Crippen LogP contribution in [0.15, 0.2) is 23.8 Å². The van der Waals surface area contributed by atoms with Gasteiger partial charge in [0.2, 0.25) is 0 Å². The highest BCUT2D eigenvalue weighted by molar-refractivity contribution is 7.12. The molecule has 0 radical (unpaired) electrons. The van der Waals surface area contributed by atoms with Crippen LogP contribution in [-0.4, -0.2) is 51.9 Å². The molecule has 1 atom stereocenters. The second kappa shape index (κ2) is 6.29. The fourth-order valence-corrected chi connectivity index (χ4v) is 4.79. The van der Waals surface area contributed by atoms with Crippen LogP contribution in [0.5, 0.6) is 0 Å². The van der Waals surface area contributed by atoms with E-state index in [1.807, 2.05) is 22.4 Å². The van der Waals surface area contributed by atoms with Crippen LogP contribution < -0.4 is 0 Å². The van der Waals surface area contributed by atoms with E-state index >= 15 is 0 Å². The number of amides is 1. The lowest BCUT2D eigenvalue weighted by Gasteiger charge is -2.37. The Morgan fingerprint density at radius 2 is 2.29 bits per heavy atom. The molecule has 0 aliphatic carbocycles. The molecule has 2 saturated heterocycles. The molecule has 0 bridgehead atoms. The van der Waals surface area contributed by atoms with Gasteiger partial charge in [0.15, 0.2) is 0 Å². The van der Waals surface area contributed by atoms with Crippen molar-refractivity contribution in [2.45, 2.75) is 32.2 Å². The second-order valence-electron chi connectivity index (χ2n) is 6.67. The Kier molecular flexibility index (Phi) is 4.14. The average molecular weight is 346 g/mol. The van der Waals surface area contributed by atoms with Crippen LogP contribution in [0.4, 0.5) is 0 Å². The van der Waals surface area contributed by atoms with Gasteiger partial charge in [0.1, 0.15) is 12.2 Å². The molecule has 0 aromatic carbocycles. The Hall–Kier alpha value is -1.73. The summed E-state index contributed by atoms with van der Waals surface area (Å²) in [6, 6.07) is 3.84. The average Bonchev–Trinajstić information content (AvgIpc) is 3.34. The first kappa shape index (κ1) is 15.8. The molecule has 0 saturated carbocycles. The normalized spacial score (nSPS) is 23.0. The maximum absolute atomic E-state index is 12.9. The SMILES string of the molecule is CCn1cnnc1C1CN(C(=O)c2cccs2)CC12CCOCC2. The minimum atomic E-state index is 0.0606. The molecule has 1 unspecified atom stereocenters. The standard InChI is InChI=1S/C17H22N4O2S/c1-2-20-12-18-19-15(20)13-10-21(16(22)14-4-3-9-24-14)11-17(13)5-7-23-8-6-17/h3-4,9,12-13H,2,5-8,10-11H2,1H3. The molecule has 1 spiro atoms. The van der Waals surface area contributed by atoms with E-state index in [9.17, 15) is 4.79 Å². The quantitative estimate of drug-likeness (QED) is 0.856. The number of aryl methyl sites for hydroxylation is 1. The predicted molar refractivity (Wildman–Crippen MR) is 91.1 cm³/mol. The van der Waals surface area contributed by atoms with Crippen molar-refractivity contribution in [1.29, 1.82) is 0 Å². The largest absolute Gasteiger partial charge is 0.381 e. The Morgan fingerprint density at radius 1 is 1.46 bits per heavy atom. The molecule has 4 heterocycles. The van der Waals surface area contributed by atoms with Crippen LogP contribution in [0.3, 0.4) is 0 Å². The van der Waals surface area contributed by atoms with E-state index in [1.165, 1.54) is 11.3 Å². The molecule has 6 nitrogen and oxygen atoms in total. The van der Waals surface area contributed by atoms with Gasteiger partial charge >= 0.3 is 0 Å². The zero-order valence-electron chi connectivity index (χ0n) is 13.9. The first-order valence-corrected chi connectivity index (χ1v) is 9.40. The van der Waals surface area contributed by atoms with Gasteiger partial charge in [-0.3, -0.25) is 4.79 Å². The van der Waals surface area contributed by atoms with Crippen LogP contribution in [0, 0.1) is 5.41 Å². The number of hydrogen-bond acceptors (Lipinski definition) is 5. The molecule has 0 N–H and O–H groups in total. The van der Waals surface area contributed by atoms with Crippen molar-refractivity contribution in [3.63, 3.8) is 0 Å².